The monoisotopic (exact) mass is 268 g/mol. The second kappa shape index (κ2) is 7.98. The van der Waals surface area contributed by atoms with Gasteiger partial charge in [-0.15, -0.1) is 0 Å². The number of anilines is 1. The van der Waals surface area contributed by atoms with Crippen LogP contribution in [0.3, 0.4) is 0 Å². The Kier molecular flexibility index (Phi) is 6.58. The van der Waals surface area contributed by atoms with Gasteiger partial charge >= 0.3 is 6.03 Å². The standard InChI is InChI=1S/C14H21ClN2O/c1-3-4-5-6-11(2)16-14(18)17-13-9-7-12(15)8-10-13/h7-11H,3-6H2,1-2H3,(H2,16,17,18)/t11-/m0/s1. The van der Waals surface area contributed by atoms with E-state index in [9.17, 15) is 4.79 Å². The van der Waals surface area contributed by atoms with E-state index in [0.29, 0.717) is 5.02 Å². The lowest BCUT2D eigenvalue weighted by Gasteiger charge is -2.14. The van der Waals surface area contributed by atoms with Crippen molar-refractivity contribution in [1.82, 2.24) is 5.32 Å². The van der Waals surface area contributed by atoms with Gasteiger partial charge in [-0.3, -0.25) is 0 Å². The van der Waals surface area contributed by atoms with E-state index < -0.39 is 0 Å². The van der Waals surface area contributed by atoms with Gasteiger partial charge < -0.3 is 10.6 Å². The number of carbonyl (C=O) groups is 1. The van der Waals surface area contributed by atoms with Crippen LogP contribution in [0.5, 0.6) is 0 Å². The predicted molar refractivity (Wildman–Crippen MR) is 77.2 cm³/mol. The van der Waals surface area contributed by atoms with Gasteiger partial charge in [-0.25, -0.2) is 4.79 Å². The van der Waals surface area contributed by atoms with Crippen molar-refractivity contribution in [2.24, 2.45) is 0 Å². The van der Waals surface area contributed by atoms with E-state index >= 15 is 0 Å². The van der Waals surface area contributed by atoms with Crippen LogP contribution in [0.25, 0.3) is 0 Å². The maximum absolute atomic E-state index is 11.7. The summed E-state index contributed by atoms with van der Waals surface area (Å²) in [5.41, 5.74) is 0.748. The second-order valence-electron chi connectivity index (χ2n) is 4.50. The molecule has 0 radical (unpaired) electrons. The molecule has 0 aliphatic carbocycles. The molecule has 1 aromatic carbocycles. The summed E-state index contributed by atoms with van der Waals surface area (Å²) in [4.78, 5) is 11.7. The molecule has 2 amide bonds. The molecule has 0 aliphatic rings. The normalized spacial score (nSPS) is 11.9. The predicted octanol–water partition coefficient (Wildman–Crippen LogP) is 4.43. The Balaban J connectivity index is 2.30. The summed E-state index contributed by atoms with van der Waals surface area (Å²) in [7, 11) is 0. The van der Waals surface area contributed by atoms with Crippen LogP contribution in [0.15, 0.2) is 24.3 Å². The van der Waals surface area contributed by atoms with Gasteiger partial charge in [0.25, 0.3) is 0 Å². The lowest BCUT2D eigenvalue weighted by Crippen LogP contribution is -2.36. The van der Waals surface area contributed by atoms with E-state index in [2.05, 4.69) is 17.6 Å². The molecular formula is C14H21ClN2O. The molecule has 0 heterocycles. The van der Waals surface area contributed by atoms with Gasteiger partial charge in [0, 0.05) is 16.8 Å². The summed E-state index contributed by atoms with van der Waals surface area (Å²) in [6.07, 6.45) is 4.58. The van der Waals surface area contributed by atoms with Gasteiger partial charge in [-0.2, -0.15) is 0 Å². The zero-order valence-corrected chi connectivity index (χ0v) is 11.8. The van der Waals surface area contributed by atoms with Crippen molar-refractivity contribution in [1.29, 1.82) is 0 Å². The maximum Gasteiger partial charge on any atom is 0.319 e. The highest BCUT2D eigenvalue weighted by Gasteiger charge is 2.06. The molecular weight excluding hydrogens is 248 g/mol. The highest BCUT2D eigenvalue weighted by Crippen LogP contribution is 2.13. The third-order valence-electron chi connectivity index (χ3n) is 2.72. The summed E-state index contributed by atoms with van der Waals surface area (Å²) in [5, 5.41) is 6.36. The minimum atomic E-state index is -0.165. The molecule has 0 saturated carbocycles. The summed E-state index contributed by atoms with van der Waals surface area (Å²) in [5.74, 6) is 0. The number of hydrogen-bond donors (Lipinski definition) is 2. The Morgan fingerprint density at radius 2 is 1.94 bits per heavy atom. The lowest BCUT2D eigenvalue weighted by atomic mass is 10.1. The van der Waals surface area contributed by atoms with Crippen LogP contribution in [0.4, 0.5) is 10.5 Å². The average Bonchev–Trinajstić information content (AvgIpc) is 2.32. The maximum atomic E-state index is 11.7. The van der Waals surface area contributed by atoms with Crippen molar-refractivity contribution < 1.29 is 4.79 Å². The summed E-state index contributed by atoms with van der Waals surface area (Å²) in [6.45, 7) is 4.20. The first kappa shape index (κ1) is 14.8. The Hall–Kier alpha value is -1.22. The van der Waals surface area contributed by atoms with E-state index in [4.69, 9.17) is 11.6 Å². The Morgan fingerprint density at radius 1 is 1.28 bits per heavy atom. The molecule has 0 spiro atoms. The van der Waals surface area contributed by atoms with Gasteiger partial charge in [-0.05, 0) is 37.6 Å². The number of nitrogens with one attached hydrogen (secondary N) is 2. The molecule has 0 aromatic heterocycles. The average molecular weight is 269 g/mol. The van der Waals surface area contributed by atoms with Gasteiger partial charge in [0.15, 0.2) is 0 Å². The zero-order valence-electron chi connectivity index (χ0n) is 11.0. The summed E-state index contributed by atoms with van der Waals surface area (Å²) in [6, 6.07) is 7.10. The van der Waals surface area contributed by atoms with Crippen LogP contribution in [0.2, 0.25) is 5.02 Å². The molecule has 0 bridgehead atoms. The minimum Gasteiger partial charge on any atom is -0.335 e. The minimum absolute atomic E-state index is 0.165. The second-order valence-corrected chi connectivity index (χ2v) is 4.94. The fraction of sp³-hybridized carbons (Fsp3) is 0.500. The molecule has 1 aromatic rings. The molecule has 1 rings (SSSR count). The summed E-state index contributed by atoms with van der Waals surface area (Å²) >= 11 is 5.78. The molecule has 18 heavy (non-hydrogen) atoms. The number of benzene rings is 1. The molecule has 3 nitrogen and oxygen atoms in total. The molecule has 4 heteroatoms. The topological polar surface area (TPSA) is 41.1 Å². The fourth-order valence-corrected chi connectivity index (χ4v) is 1.82. The van der Waals surface area contributed by atoms with E-state index in [-0.39, 0.29) is 12.1 Å². The smallest absolute Gasteiger partial charge is 0.319 e. The Morgan fingerprint density at radius 3 is 2.56 bits per heavy atom. The number of rotatable bonds is 6. The first-order valence-electron chi connectivity index (χ1n) is 6.45. The Labute approximate surface area is 114 Å². The van der Waals surface area contributed by atoms with Crippen LogP contribution >= 0.6 is 11.6 Å². The molecule has 0 saturated heterocycles. The molecule has 0 unspecified atom stereocenters. The molecule has 0 fully saturated rings. The van der Waals surface area contributed by atoms with Crippen LogP contribution in [-0.2, 0) is 0 Å². The van der Waals surface area contributed by atoms with Crippen molar-refractivity contribution in [3.8, 4) is 0 Å². The van der Waals surface area contributed by atoms with Crippen molar-refractivity contribution in [3.63, 3.8) is 0 Å². The van der Waals surface area contributed by atoms with E-state index in [1.807, 2.05) is 6.92 Å². The van der Waals surface area contributed by atoms with Crippen LogP contribution in [-0.4, -0.2) is 12.1 Å². The van der Waals surface area contributed by atoms with Gasteiger partial charge in [-0.1, -0.05) is 37.8 Å². The zero-order chi connectivity index (χ0) is 13.4. The largest absolute Gasteiger partial charge is 0.335 e. The van der Waals surface area contributed by atoms with E-state index in [1.54, 1.807) is 24.3 Å². The van der Waals surface area contributed by atoms with Crippen LogP contribution < -0.4 is 10.6 Å². The van der Waals surface area contributed by atoms with Gasteiger partial charge in [0.2, 0.25) is 0 Å². The number of urea groups is 1. The first-order chi connectivity index (χ1) is 8.61. The highest BCUT2D eigenvalue weighted by molar-refractivity contribution is 6.30. The van der Waals surface area contributed by atoms with Crippen molar-refractivity contribution in [3.05, 3.63) is 29.3 Å². The number of unbranched alkanes of at least 4 members (excludes halogenated alkanes) is 2. The molecule has 0 aliphatic heterocycles. The number of amides is 2. The number of carbonyl (C=O) groups excluding carboxylic acids is 1. The lowest BCUT2D eigenvalue weighted by molar-refractivity contribution is 0.248. The summed E-state index contributed by atoms with van der Waals surface area (Å²) < 4.78 is 0. The first-order valence-corrected chi connectivity index (χ1v) is 6.82. The number of hydrogen-bond acceptors (Lipinski definition) is 1. The van der Waals surface area contributed by atoms with Crippen molar-refractivity contribution >= 4 is 23.3 Å². The van der Waals surface area contributed by atoms with Crippen molar-refractivity contribution in [2.75, 3.05) is 5.32 Å². The van der Waals surface area contributed by atoms with Crippen LogP contribution in [0, 0.1) is 0 Å². The molecule has 1 atom stereocenters. The molecule has 100 valence electrons. The Bertz CT molecular complexity index is 365. The molecule has 2 N–H and O–H groups in total. The van der Waals surface area contributed by atoms with Gasteiger partial charge in [0.1, 0.15) is 0 Å². The third kappa shape index (κ3) is 5.92. The van der Waals surface area contributed by atoms with Crippen molar-refractivity contribution in [2.45, 2.75) is 45.6 Å². The van der Waals surface area contributed by atoms with Crippen LogP contribution in [0.1, 0.15) is 39.5 Å². The SMILES string of the molecule is CCCCC[C@H](C)NC(=O)Nc1ccc(Cl)cc1. The third-order valence-corrected chi connectivity index (χ3v) is 2.97. The van der Waals surface area contributed by atoms with E-state index in [1.165, 1.54) is 12.8 Å². The quantitative estimate of drug-likeness (QED) is 0.736. The number of halogens is 1. The van der Waals surface area contributed by atoms with Gasteiger partial charge in [0.05, 0.1) is 0 Å². The fourth-order valence-electron chi connectivity index (χ4n) is 1.70. The van der Waals surface area contributed by atoms with E-state index in [0.717, 1.165) is 18.5 Å². The highest BCUT2D eigenvalue weighted by atomic mass is 35.5.